The van der Waals surface area contributed by atoms with E-state index in [9.17, 15) is 0 Å². The molecule has 0 saturated heterocycles. The molecule has 0 radical (unpaired) electrons. The van der Waals surface area contributed by atoms with Crippen molar-refractivity contribution >= 4 is 0 Å². The highest BCUT2D eigenvalue weighted by molar-refractivity contribution is 5.34. The molecule has 0 spiro atoms. The van der Waals surface area contributed by atoms with Gasteiger partial charge in [-0.2, -0.15) is 0 Å². The third-order valence-corrected chi connectivity index (χ3v) is 7.93. The lowest BCUT2D eigenvalue weighted by Crippen LogP contribution is -2.53. The largest absolute Gasteiger partial charge is 0.490 e. The molecule has 39 heavy (non-hydrogen) atoms. The summed E-state index contributed by atoms with van der Waals surface area (Å²) < 4.78 is 12.6. The minimum absolute atomic E-state index is 0.0112. The van der Waals surface area contributed by atoms with Crippen molar-refractivity contribution in [1.29, 1.82) is 0 Å². The summed E-state index contributed by atoms with van der Waals surface area (Å²) in [7, 11) is 0. The highest BCUT2D eigenvalue weighted by Crippen LogP contribution is 2.34. The summed E-state index contributed by atoms with van der Waals surface area (Å²) in [5.74, 6) is 1.94. The number of benzene rings is 2. The number of nitrogens with one attached hydrogen (secondary N) is 2. The van der Waals surface area contributed by atoms with Crippen LogP contribution in [0.15, 0.2) is 48.5 Å². The Balaban J connectivity index is 1.48. The standard InChI is InChI=1S/C35H56N2O2/c1-25(38-29-16-12-14-26(20-29)32(2,3)4)24-36-35(10,11)19-18-34(8,9)27-15-13-17-30(21-27)39-31-22-28(23-31)37-33(5,6)7/h12-17,20-21,25,28,31,36-37H,18-19,22-24H2,1-11H3/t25-,28-,31+/m0/s1. The van der Waals surface area contributed by atoms with Crippen molar-refractivity contribution in [3.8, 4) is 11.5 Å². The Morgan fingerprint density at radius 2 is 1.38 bits per heavy atom. The fourth-order valence-corrected chi connectivity index (χ4v) is 5.16. The van der Waals surface area contributed by atoms with Gasteiger partial charge in [0.25, 0.3) is 0 Å². The smallest absolute Gasteiger partial charge is 0.120 e. The van der Waals surface area contributed by atoms with Gasteiger partial charge in [0.1, 0.15) is 23.7 Å². The van der Waals surface area contributed by atoms with Crippen LogP contribution in [0.3, 0.4) is 0 Å². The van der Waals surface area contributed by atoms with E-state index in [0.29, 0.717) is 12.1 Å². The molecule has 2 N–H and O–H groups in total. The molecule has 1 aliphatic rings. The predicted molar refractivity (Wildman–Crippen MR) is 166 cm³/mol. The van der Waals surface area contributed by atoms with E-state index in [1.165, 1.54) is 11.1 Å². The molecule has 1 saturated carbocycles. The molecule has 1 atom stereocenters. The van der Waals surface area contributed by atoms with Crippen molar-refractivity contribution in [1.82, 2.24) is 10.6 Å². The zero-order valence-corrected chi connectivity index (χ0v) is 26.7. The molecule has 1 fully saturated rings. The van der Waals surface area contributed by atoms with Crippen LogP contribution in [-0.2, 0) is 10.8 Å². The fraction of sp³-hybridized carbons (Fsp3) is 0.657. The normalized spacial score (nSPS) is 19.4. The van der Waals surface area contributed by atoms with Gasteiger partial charge >= 0.3 is 0 Å². The van der Waals surface area contributed by atoms with Crippen LogP contribution in [0.1, 0.15) is 113 Å². The maximum absolute atomic E-state index is 6.35. The molecule has 1 aliphatic carbocycles. The van der Waals surface area contributed by atoms with Crippen molar-refractivity contribution in [2.45, 2.75) is 142 Å². The Morgan fingerprint density at radius 1 is 0.795 bits per heavy atom. The van der Waals surface area contributed by atoms with Gasteiger partial charge in [0.05, 0.1) is 0 Å². The summed E-state index contributed by atoms with van der Waals surface area (Å²) in [6.07, 6.45) is 4.71. The molecular weight excluding hydrogens is 480 g/mol. The second kappa shape index (κ2) is 12.2. The summed E-state index contributed by atoms with van der Waals surface area (Å²) in [6.45, 7) is 25.6. The maximum atomic E-state index is 6.35. The average Bonchev–Trinajstić information content (AvgIpc) is 2.79. The zero-order chi connectivity index (χ0) is 29.1. The summed E-state index contributed by atoms with van der Waals surface area (Å²) >= 11 is 0. The van der Waals surface area contributed by atoms with Gasteiger partial charge in [-0.3, -0.25) is 0 Å². The molecule has 0 aromatic heterocycles. The Morgan fingerprint density at radius 3 is 2.00 bits per heavy atom. The van der Waals surface area contributed by atoms with Crippen molar-refractivity contribution in [2.24, 2.45) is 0 Å². The molecular formula is C35H56N2O2. The summed E-state index contributed by atoms with van der Waals surface area (Å²) in [5.41, 5.74) is 2.99. The molecule has 4 nitrogen and oxygen atoms in total. The maximum Gasteiger partial charge on any atom is 0.120 e. The van der Waals surface area contributed by atoms with E-state index in [-0.39, 0.29) is 28.0 Å². The summed E-state index contributed by atoms with van der Waals surface area (Å²) in [6, 6.07) is 17.8. The Hall–Kier alpha value is -2.04. The molecule has 4 heteroatoms. The van der Waals surface area contributed by atoms with E-state index in [1.54, 1.807) is 0 Å². The third-order valence-electron chi connectivity index (χ3n) is 7.93. The van der Waals surface area contributed by atoms with Gasteiger partial charge < -0.3 is 20.1 Å². The molecule has 2 aromatic carbocycles. The quantitative estimate of drug-likeness (QED) is 0.287. The molecule has 2 aromatic rings. The second-order valence-corrected chi connectivity index (χ2v) is 15.2. The number of rotatable bonds is 12. The van der Waals surface area contributed by atoms with Gasteiger partial charge in [0.15, 0.2) is 0 Å². The third kappa shape index (κ3) is 10.1. The SMILES string of the molecule is C[C@@H](CNC(C)(C)CCC(C)(C)c1cccc(O[C@H]2C[C@@H](NC(C)(C)C)C2)c1)Oc1cccc(C(C)(C)C)c1. The molecule has 0 aliphatic heterocycles. The van der Waals surface area contributed by atoms with E-state index in [2.05, 4.69) is 135 Å². The van der Waals surface area contributed by atoms with Crippen LogP contribution in [0.2, 0.25) is 0 Å². The minimum Gasteiger partial charge on any atom is -0.490 e. The van der Waals surface area contributed by atoms with Crippen LogP contribution in [0, 0.1) is 0 Å². The van der Waals surface area contributed by atoms with Crippen LogP contribution in [0.5, 0.6) is 11.5 Å². The van der Waals surface area contributed by atoms with Gasteiger partial charge in [-0.1, -0.05) is 58.9 Å². The lowest BCUT2D eigenvalue weighted by molar-refractivity contribution is 0.0732. The van der Waals surface area contributed by atoms with Gasteiger partial charge in [0.2, 0.25) is 0 Å². The van der Waals surface area contributed by atoms with Crippen molar-refractivity contribution < 1.29 is 9.47 Å². The van der Waals surface area contributed by atoms with Crippen LogP contribution >= 0.6 is 0 Å². The first kappa shape index (κ1) is 31.5. The fourth-order valence-electron chi connectivity index (χ4n) is 5.16. The van der Waals surface area contributed by atoms with Crippen LogP contribution in [0.25, 0.3) is 0 Å². The van der Waals surface area contributed by atoms with E-state index < -0.39 is 0 Å². The molecule has 218 valence electrons. The lowest BCUT2D eigenvalue weighted by Gasteiger charge is -2.40. The second-order valence-electron chi connectivity index (χ2n) is 15.2. The van der Waals surface area contributed by atoms with E-state index in [0.717, 1.165) is 43.7 Å². The summed E-state index contributed by atoms with van der Waals surface area (Å²) in [5, 5.41) is 7.45. The molecule has 0 amide bonds. The number of hydrogen-bond acceptors (Lipinski definition) is 4. The van der Waals surface area contributed by atoms with Crippen molar-refractivity contribution in [3.63, 3.8) is 0 Å². The van der Waals surface area contributed by atoms with Gasteiger partial charge in [0, 0.05) is 23.7 Å². The molecule has 0 bridgehead atoms. The molecule has 0 unspecified atom stereocenters. The van der Waals surface area contributed by atoms with Gasteiger partial charge in [-0.25, -0.2) is 0 Å². The number of hydrogen-bond donors (Lipinski definition) is 2. The molecule has 0 heterocycles. The first-order valence-electron chi connectivity index (χ1n) is 15.0. The van der Waals surface area contributed by atoms with E-state index in [1.807, 2.05) is 0 Å². The monoisotopic (exact) mass is 536 g/mol. The van der Waals surface area contributed by atoms with Crippen LogP contribution in [0.4, 0.5) is 0 Å². The molecule has 3 rings (SSSR count). The zero-order valence-electron chi connectivity index (χ0n) is 26.7. The topological polar surface area (TPSA) is 42.5 Å². The van der Waals surface area contributed by atoms with Crippen molar-refractivity contribution in [3.05, 3.63) is 59.7 Å². The predicted octanol–water partition coefficient (Wildman–Crippen LogP) is 8.18. The first-order valence-corrected chi connectivity index (χ1v) is 15.0. The highest BCUT2D eigenvalue weighted by atomic mass is 16.5. The van der Waals surface area contributed by atoms with Crippen molar-refractivity contribution in [2.75, 3.05) is 6.54 Å². The Kier molecular flexibility index (Phi) is 9.87. The first-order chi connectivity index (χ1) is 17.9. The van der Waals surface area contributed by atoms with Gasteiger partial charge in [-0.05, 0) is 113 Å². The van der Waals surface area contributed by atoms with Gasteiger partial charge in [-0.15, -0.1) is 0 Å². The number of ether oxygens (including phenoxy) is 2. The Bertz CT molecular complexity index is 1050. The lowest BCUT2D eigenvalue weighted by atomic mass is 9.77. The highest BCUT2D eigenvalue weighted by Gasteiger charge is 2.33. The van der Waals surface area contributed by atoms with Crippen LogP contribution in [-0.4, -0.2) is 35.9 Å². The van der Waals surface area contributed by atoms with E-state index >= 15 is 0 Å². The summed E-state index contributed by atoms with van der Waals surface area (Å²) in [4.78, 5) is 0. The van der Waals surface area contributed by atoms with E-state index in [4.69, 9.17) is 9.47 Å². The Labute approximate surface area is 239 Å². The van der Waals surface area contributed by atoms with Crippen LogP contribution < -0.4 is 20.1 Å². The minimum atomic E-state index is 0.0112. The average molecular weight is 537 g/mol.